The van der Waals surface area contributed by atoms with Gasteiger partial charge in [0.25, 0.3) is 0 Å². The number of aliphatic hydroxyl groups is 1. The first-order valence-corrected chi connectivity index (χ1v) is 5.02. The maximum atomic E-state index is 8.80. The van der Waals surface area contributed by atoms with E-state index in [0.29, 0.717) is 5.92 Å². The van der Waals surface area contributed by atoms with Gasteiger partial charge in [0, 0.05) is 32.8 Å². The summed E-state index contributed by atoms with van der Waals surface area (Å²) >= 11 is 0. The lowest BCUT2D eigenvalue weighted by atomic mass is 10.2. The molecule has 0 saturated carbocycles. The van der Waals surface area contributed by atoms with Gasteiger partial charge in [-0.15, -0.1) is 0 Å². The zero-order valence-corrected chi connectivity index (χ0v) is 8.90. The molecular formula is C10H19N3O. The second kappa shape index (κ2) is 5.78. The van der Waals surface area contributed by atoms with E-state index in [1.54, 1.807) is 0 Å². The van der Waals surface area contributed by atoms with E-state index in [9.17, 15) is 0 Å². The van der Waals surface area contributed by atoms with Crippen LogP contribution in [0.2, 0.25) is 0 Å². The summed E-state index contributed by atoms with van der Waals surface area (Å²) < 4.78 is 1.81. The molecule has 1 rings (SSSR count). The third kappa shape index (κ3) is 3.89. The average Bonchev–Trinajstić information content (AvgIpc) is 2.58. The third-order valence-corrected chi connectivity index (χ3v) is 2.13. The number of aliphatic hydroxyl groups excluding tert-OH is 1. The molecule has 0 saturated heterocycles. The van der Waals surface area contributed by atoms with Gasteiger partial charge in [-0.2, -0.15) is 5.10 Å². The normalized spacial score (nSPS) is 13.1. The van der Waals surface area contributed by atoms with Gasteiger partial charge < -0.3 is 10.4 Å². The molecule has 4 heteroatoms. The van der Waals surface area contributed by atoms with Crippen LogP contribution in [0.3, 0.4) is 0 Å². The predicted molar refractivity (Wildman–Crippen MR) is 56.0 cm³/mol. The summed E-state index contributed by atoms with van der Waals surface area (Å²) in [4.78, 5) is 0. The van der Waals surface area contributed by atoms with Crippen LogP contribution in [0.4, 0.5) is 0 Å². The smallest absolute Gasteiger partial charge is 0.0637 e. The van der Waals surface area contributed by atoms with E-state index >= 15 is 0 Å². The average molecular weight is 197 g/mol. The molecule has 0 bridgehead atoms. The molecule has 1 unspecified atom stereocenters. The molecule has 1 heterocycles. The van der Waals surface area contributed by atoms with E-state index in [-0.39, 0.29) is 6.61 Å². The SMILES string of the molecule is CC(CO)CNCCc1ccn(C)n1. The standard InChI is InChI=1S/C10H19N3O/c1-9(8-14)7-11-5-3-10-4-6-13(2)12-10/h4,6,9,11,14H,3,5,7-8H2,1-2H3. The number of nitrogens with zero attached hydrogens (tertiary/aromatic N) is 2. The van der Waals surface area contributed by atoms with E-state index < -0.39 is 0 Å². The van der Waals surface area contributed by atoms with Gasteiger partial charge in [-0.05, 0) is 18.5 Å². The molecule has 80 valence electrons. The summed E-state index contributed by atoms with van der Waals surface area (Å²) in [5.74, 6) is 0.332. The van der Waals surface area contributed by atoms with Crippen molar-refractivity contribution in [1.29, 1.82) is 0 Å². The Labute approximate surface area is 84.9 Å². The van der Waals surface area contributed by atoms with E-state index in [2.05, 4.69) is 10.4 Å². The molecule has 14 heavy (non-hydrogen) atoms. The lowest BCUT2D eigenvalue weighted by Gasteiger charge is -2.08. The van der Waals surface area contributed by atoms with Crippen molar-refractivity contribution in [1.82, 2.24) is 15.1 Å². The van der Waals surface area contributed by atoms with Crippen LogP contribution >= 0.6 is 0 Å². The van der Waals surface area contributed by atoms with Crippen LogP contribution in [0, 0.1) is 5.92 Å². The fourth-order valence-corrected chi connectivity index (χ4v) is 1.23. The highest BCUT2D eigenvalue weighted by Crippen LogP contribution is 1.94. The molecular weight excluding hydrogens is 178 g/mol. The van der Waals surface area contributed by atoms with Gasteiger partial charge in [0.1, 0.15) is 0 Å². The van der Waals surface area contributed by atoms with Crippen LogP contribution in [-0.4, -0.2) is 34.6 Å². The van der Waals surface area contributed by atoms with Gasteiger partial charge in [-0.1, -0.05) is 6.92 Å². The van der Waals surface area contributed by atoms with Crippen molar-refractivity contribution in [3.8, 4) is 0 Å². The van der Waals surface area contributed by atoms with Crippen LogP contribution in [0.1, 0.15) is 12.6 Å². The van der Waals surface area contributed by atoms with Crippen LogP contribution in [0.25, 0.3) is 0 Å². The molecule has 1 aromatic rings. The number of aromatic nitrogens is 2. The summed E-state index contributed by atoms with van der Waals surface area (Å²) in [5.41, 5.74) is 1.11. The first-order chi connectivity index (χ1) is 6.72. The van der Waals surface area contributed by atoms with E-state index in [4.69, 9.17) is 5.11 Å². The van der Waals surface area contributed by atoms with E-state index in [1.165, 1.54) is 0 Å². The highest BCUT2D eigenvalue weighted by atomic mass is 16.3. The Morgan fingerprint density at radius 2 is 2.43 bits per heavy atom. The monoisotopic (exact) mass is 197 g/mol. The molecule has 0 amide bonds. The topological polar surface area (TPSA) is 50.1 Å². The molecule has 0 aliphatic carbocycles. The third-order valence-electron chi connectivity index (χ3n) is 2.13. The summed E-state index contributed by atoms with van der Waals surface area (Å²) in [5, 5.41) is 16.4. The van der Waals surface area contributed by atoms with Crippen molar-refractivity contribution in [3.63, 3.8) is 0 Å². The zero-order valence-electron chi connectivity index (χ0n) is 8.90. The number of aryl methyl sites for hydroxylation is 1. The Hall–Kier alpha value is -0.870. The molecule has 1 atom stereocenters. The molecule has 0 aliphatic heterocycles. The molecule has 0 spiro atoms. The fraction of sp³-hybridized carbons (Fsp3) is 0.700. The largest absolute Gasteiger partial charge is 0.396 e. The van der Waals surface area contributed by atoms with Crippen molar-refractivity contribution < 1.29 is 5.11 Å². The van der Waals surface area contributed by atoms with Gasteiger partial charge in [0.15, 0.2) is 0 Å². The Morgan fingerprint density at radius 3 is 3.00 bits per heavy atom. The highest BCUT2D eigenvalue weighted by molar-refractivity contribution is 4.98. The van der Waals surface area contributed by atoms with Gasteiger partial charge in [-0.25, -0.2) is 0 Å². The Balaban J connectivity index is 2.10. The van der Waals surface area contributed by atoms with Crippen molar-refractivity contribution in [2.75, 3.05) is 19.7 Å². The fourth-order valence-electron chi connectivity index (χ4n) is 1.23. The molecule has 0 aliphatic rings. The number of nitrogens with one attached hydrogen (secondary N) is 1. The van der Waals surface area contributed by atoms with Crippen LogP contribution in [0.5, 0.6) is 0 Å². The molecule has 0 fully saturated rings. The Kier molecular flexibility index (Phi) is 4.62. The minimum absolute atomic E-state index is 0.247. The van der Waals surface area contributed by atoms with Crippen LogP contribution in [-0.2, 0) is 13.5 Å². The summed E-state index contributed by atoms with van der Waals surface area (Å²) in [7, 11) is 1.92. The first-order valence-electron chi connectivity index (χ1n) is 5.02. The first kappa shape index (κ1) is 11.2. The highest BCUT2D eigenvalue weighted by Gasteiger charge is 1.99. The number of hydrogen-bond donors (Lipinski definition) is 2. The summed E-state index contributed by atoms with van der Waals surface area (Å²) in [6, 6.07) is 2.02. The quantitative estimate of drug-likeness (QED) is 0.640. The lowest BCUT2D eigenvalue weighted by Crippen LogP contribution is -2.25. The minimum Gasteiger partial charge on any atom is -0.396 e. The Morgan fingerprint density at radius 1 is 1.64 bits per heavy atom. The minimum atomic E-state index is 0.247. The second-order valence-electron chi connectivity index (χ2n) is 3.72. The summed E-state index contributed by atoms with van der Waals surface area (Å²) in [6.07, 6.45) is 2.89. The number of hydrogen-bond acceptors (Lipinski definition) is 3. The van der Waals surface area contributed by atoms with Crippen LogP contribution < -0.4 is 5.32 Å². The van der Waals surface area contributed by atoms with Crippen molar-refractivity contribution in [2.45, 2.75) is 13.3 Å². The van der Waals surface area contributed by atoms with Gasteiger partial charge in [-0.3, -0.25) is 4.68 Å². The van der Waals surface area contributed by atoms with Gasteiger partial charge in [0.05, 0.1) is 5.69 Å². The maximum absolute atomic E-state index is 8.80. The maximum Gasteiger partial charge on any atom is 0.0637 e. The predicted octanol–water partition coefficient (Wildman–Crippen LogP) is 0.181. The zero-order chi connectivity index (χ0) is 10.4. The van der Waals surface area contributed by atoms with E-state index in [0.717, 1.165) is 25.2 Å². The summed E-state index contributed by atoms with van der Waals surface area (Å²) in [6.45, 7) is 4.05. The van der Waals surface area contributed by atoms with Crippen molar-refractivity contribution >= 4 is 0 Å². The van der Waals surface area contributed by atoms with Gasteiger partial charge >= 0.3 is 0 Å². The van der Waals surface area contributed by atoms with Crippen molar-refractivity contribution in [3.05, 3.63) is 18.0 Å². The van der Waals surface area contributed by atoms with Gasteiger partial charge in [0.2, 0.25) is 0 Å². The Bertz CT molecular complexity index is 260. The molecule has 1 aromatic heterocycles. The molecule has 4 nitrogen and oxygen atoms in total. The number of rotatable bonds is 6. The van der Waals surface area contributed by atoms with E-state index in [1.807, 2.05) is 30.9 Å². The van der Waals surface area contributed by atoms with Crippen molar-refractivity contribution in [2.24, 2.45) is 13.0 Å². The van der Waals surface area contributed by atoms with Crippen LogP contribution in [0.15, 0.2) is 12.3 Å². The lowest BCUT2D eigenvalue weighted by molar-refractivity contribution is 0.234. The molecule has 2 N–H and O–H groups in total. The molecule has 0 aromatic carbocycles. The second-order valence-corrected chi connectivity index (χ2v) is 3.72. The molecule has 0 radical (unpaired) electrons.